The second-order valence-corrected chi connectivity index (χ2v) is 4.71. The minimum absolute atomic E-state index is 0.117. The molecule has 0 saturated heterocycles. The Kier molecular flexibility index (Phi) is 4.20. The molecular formula is C14H15F3O3. The molecule has 1 aliphatic heterocycles. The van der Waals surface area contributed by atoms with Gasteiger partial charge in [-0.3, -0.25) is 0 Å². The number of fused-ring (bicyclic) bond motifs is 1. The summed E-state index contributed by atoms with van der Waals surface area (Å²) in [5, 5.41) is 0. The molecule has 3 nitrogen and oxygen atoms in total. The van der Waals surface area contributed by atoms with Crippen LogP contribution in [0.4, 0.5) is 13.2 Å². The fraction of sp³-hybridized carbons (Fsp3) is 0.500. The first-order valence-electron chi connectivity index (χ1n) is 6.38. The van der Waals surface area contributed by atoms with Crippen molar-refractivity contribution in [2.45, 2.75) is 31.9 Å². The molecule has 110 valence electrons. The summed E-state index contributed by atoms with van der Waals surface area (Å²) >= 11 is 0. The summed E-state index contributed by atoms with van der Waals surface area (Å²) in [7, 11) is 0. The zero-order chi connectivity index (χ0) is 14.8. The lowest BCUT2D eigenvalue weighted by Crippen LogP contribution is -2.10. The molecular weight excluding hydrogens is 273 g/mol. The van der Waals surface area contributed by atoms with E-state index in [2.05, 4.69) is 0 Å². The van der Waals surface area contributed by atoms with E-state index in [0.717, 1.165) is 12.4 Å². The van der Waals surface area contributed by atoms with E-state index in [9.17, 15) is 18.0 Å². The van der Waals surface area contributed by atoms with E-state index in [4.69, 9.17) is 9.47 Å². The third kappa shape index (κ3) is 2.89. The van der Waals surface area contributed by atoms with Crippen molar-refractivity contribution in [3.05, 3.63) is 23.3 Å². The molecule has 0 aliphatic carbocycles. The highest BCUT2D eigenvalue weighted by Crippen LogP contribution is 2.46. The Bertz CT molecular complexity index is 497. The fourth-order valence-electron chi connectivity index (χ4n) is 2.16. The van der Waals surface area contributed by atoms with Crippen molar-refractivity contribution in [3.63, 3.8) is 0 Å². The Hall–Kier alpha value is -1.72. The zero-order valence-corrected chi connectivity index (χ0v) is 11.0. The molecule has 0 amide bonds. The third-order valence-corrected chi connectivity index (χ3v) is 3.21. The van der Waals surface area contributed by atoms with Crippen LogP contribution < -0.4 is 9.47 Å². The minimum Gasteiger partial charge on any atom is -0.489 e. The van der Waals surface area contributed by atoms with Crippen LogP contribution in [-0.4, -0.2) is 19.5 Å². The molecule has 0 bridgehead atoms. The van der Waals surface area contributed by atoms with Gasteiger partial charge in [0.15, 0.2) is 11.5 Å². The molecule has 6 heteroatoms. The highest BCUT2D eigenvalue weighted by atomic mass is 19.4. The highest BCUT2D eigenvalue weighted by Gasteiger charge is 2.37. The molecule has 0 spiro atoms. The standard InChI is InChI=1S/C14H15F3O3/c1-9(5-6-18)10-3-4-11(14(15,16)17)13-12(10)19-7-2-8-20-13/h3-4,6,9H,2,5,7-8H2,1H3. The molecule has 20 heavy (non-hydrogen) atoms. The van der Waals surface area contributed by atoms with Crippen molar-refractivity contribution >= 4 is 6.29 Å². The number of benzene rings is 1. The predicted octanol–water partition coefficient (Wildman–Crippen LogP) is 3.56. The van der Waals surface area contributed by atoms with Crippen LogP contribution >= 0.6 is 0 Å². The van der Waals surface area contributed by atoms with Crippen LogP contribution in [-0.2, 0) is 11.0 Å². The average Bonchev–Trinajstić information content (AvgIpc) is 2.61. The Morgan fingerprint density at radius 3 is 2.50 bits per heavy atom. The van der Waals surface area contributed by atoms with Gasteiger partial charge in [-0.05, 0) is 12.0 Å². The molecule has 1 aromatic carbocycles. The number of rotatable bonds is 3. The summed E-state index contributed by atoms with van der Waals surface area (Å²) < 4.78 is 49.7. The second kappa shape index (κ2) is 5.73. The van der Waals surface area contributed by atoms with E-state index in [-0.39, 0.29) is 30.4 Å². The average molecular weight is 288 g/mol. The van der Waals surface area contributed by atoms with E-state index in [1.54, 1.807) is 6.92 Å². The van der Waals surface area contributed by atoms with Crippen LogP contribution in [0.3, 0.4) is 0 Å². The van der Waals surface area contributed by atoms with Gasteiger partial charge in [0.2, 0.25) is 0 Å². The summed E-state index contributed by atoms with van der Waals surface area (Å²) in [5.41, 5.74) is -0.265. The molecule has 0 saturated carbocycles. The number of hydrogen-bond donors (Lipinski definition) is 0. The fourth-order valence-corrected chi connectivity index (χ4v) is 2.16. The Morgan fingerprint density at radius 1 is 1.25 bits per heavy atom. The molecule has 0 N–H and O–H groups in total. The SMILES string of the molecule is CC(CC=O)c1ccc(C(F)(F)F)c2c1OCCCO2. The van der Waals surface area contributed by atoms with Gasteiger partial charge in [0.25, 0.3) is 0 Å². The molecule has 0 aromatic heterocycles. The lowest BCUT2D eigenvalue weighted by molar-refractivity contribution is -0.139. The van der Waals surface area contributed by atoms with Crippen molar-refractivity contribution in [2.75, 3.05) is 13.2 Å². The third-order valence-electron chi connectivity index (χ3n) is 3.21. The van der Waals surface area contributed by atoms with Gasteiger partial charge in [-0.25, -0.2) is 0 Å². The molecule has 1 aliphatic rings. The number of halogens is 3. The molecule has 2 rings (SSSR count). The normalized spacial score (nSPS) is 16.4. The van der Waals surface area contributed by atoms with E-state index < -0.39 is 11.7 Å². The van der Waals surface area contributed by atoms with Crippen LogP contribution in [0.1, 0.15) is 36.8 Å². The van der Waals surface area contributed by atoms with E-state index in [0.29, 0.717) is 18.6 Å². The minimum atomic E-state index is -4.50. The monoisotopic (exact) mass is 288 g/mol. The van der Waals surface area contributed by atoms with Gasteiger partial charge < -0.3 is 14.3 Å². The largest absolute Gasteiger partial charge is 0.489 e. The molecule has 1 aromatic rings. The lowest BCUT2D eigenvalue weighted by Gasteiger charge is -2.20. The second-order valence-electron chi connectivity index (χ2n) is 4.71. The molecule has 1 atom stereocenters. The van der Waals surface area contributed by atoms with Gasteiger partial charge in [-0.2, -0.15) is 13.2 Å². The number of alkyl halides is 3. The Labute approximate surface area is 114 Å². The first kappa shape index (κ1) is 14.7. The van der Waals surface area contributed by atoms with Crippen molar-refractivity contribution in [2.24, 2.45) is 0 Å². The summed E-state index contributed by atoms with van der Waals surface area (Å²) in [5.74, 6) is -0.359. The summed E-state index contributed by atoms with van der Waals surface area (Å²) in [6, 6.07) is 2.36. The quantitative estimate of drug-likeness (QED) is 0.798. The summed E-state index contributed by atoms with van der Waals surface area (Å²) in [6.45, 7) is 2.25. The maximum absolute atomic E-state index is 13.0. The van der Waals surface area contributed by atoms with Gasteiger partial charge in [0, 0.05) is 18.4 Å². The predicted molar refractivity (Wildman–Crippen MR) is 66.1 cm³/mol. The highest BCUT2D eigenvalue weighted by molar-refractivity contribution is 5.57. The smallest absolute Gasteiger partial charge is 0.420 e. The van der Waals surface area contributed by atoms with Crippen LogP contribution in [0.2, 0.25) is 0 Å². The number of carbonyl (C=O) groups is 1. The Balaban J connectivity index is 2.54. The first-order valence-corrected chi connectivity index (χ1v) is 6.38. The number of hydrogen-bond acceptors (Lipinski definition) is 3. The van der Waals surface area contributed by atoms with E-state index in [1.165, 1.54) is 6.07 Å². The van der Waals surface area contributed by atoms with E-state index >= 15 is 0 Å². The number of ether oxygens (including phenoxy) is 2. The van der Waals surface area contributed by atoms with Crippen LogP contribution in [0.15, 0.2) is 12.1 Å². The van der Waals surface area contributed by atoms with Crippen molar-refractivity contribution in [1.82, 2.24) is 0 Å². The first-order chi connectivity index (χ1) is 9.45. The topological polar surface area (TPSA) is 35.5 Å². The van der Waals surface area contributed by atoms with Gasteiger partial charge in [0.1, 0.15) is 11.8 Å². The zero-order valence-electron chi connectivity index (χ0n) is 11.0. The van der Waals surface area contributed by atoms with Gasteiger partial charge in [-0.1, -0.05) is 13.0 Å². The lowest BCUT2D eigenvalue weighted by atomic mass is 9.95. The maximum Gasteiger partial charge on any atom is 0.420 e. The van der Waals surface area contributed by atoms with Gasteiger partial charge in [-0.15, -0.1) is 0 Å². The summed E-state index contributed by atoms with van der Waals surface area (Å²) in [4.78, 5) is 10.6. The van der Waals surface area contributed by atoms with Gasteiger partial charge >= 0.3 is 6.18 Å². The molecule has 0 radical (unpaired) electrons. The molecule has 1 heterocycles. The van der Waals surface area contributed by atoms with Crippen molar-refractivity contribution in [1.29, 1.82) is 0 Å². The summed E-state index contributed by atoms with van der Waals surface area (Å²) in [6.07, 6.45) is -3.01. The molecule has 0 fully saturated rings. The van der Waals surface area contributed by atoms with E-state index in [1.807, 2.05) is 0 Å². The maximum atomic E-state index is 13.0. The van der Waals surface area contributed by atoms with Crippen LogP contribution in [0.25, 0.3) is 0 Å². The van der Waals surface area contributed by atoms with Crippen LogP contribution in [0, 0.1) is 0 Å². The van der Waals surface area contributed by atoms with Crippen LogP contribution in [0.5, 0.6) is 11.5 Å². The Morgan fingerprint density at radius 2 is 1.90 bits per heavy atom. The van der Waals surface area contributed by atoms with Gasteiger partial charge in [0.05, 0.1) is 13.2 Å². The van der Waals surface area contributed by atoms with Crippen molar-refractivity contribution in [3.8, 4) is 11.5 Å². The number of carbonyl (C=O) groups excluding carboxylic acids is 1. The van der Waals surface area contributed by atoms with Crippen molar-refractivity contribution < 1.29 is 27.4 Å². The number of aldehydes is 1. The molecule has 1 unspecified atom stereocenters.